The fourth-order valence-corrected chi connectivity index (χ4v) is 2.48. The van der Waals surface area contributed by atoms with Gasteiger partial charge in [0.2, 0.25) is 0 Å². The summed E-state index contributed by atoms with van der Waals surface area (Å²) in [7, 11) is 3.08. The van der Waals surface area contributed by atoms with Crippen LogP contribution in [0.3, 0.4) is 0 Å². The highest BCUT2D eigenvalue weighted by Crippen LogP contribution is 2.35. The zero-order chi connectivity index (χ0) is 16.2. The average molecular weight is 317 g/mol. The second kappa shape index (κ2) is 6.57. The van der Waals surface area contributed by atoms with E-state index in [-0.39, 0.29) is 6.03 Å². The predicted octanol–water partition coefficient (Wildman–Crippen LogP) is 1.52. The van der Waals surface area contributed by atoms with Gasteiger partial charge >= 0.3 is 6.03 Å². The van der Waals surface area contributed by atoms with Gasteiger partial charge in [-0.3, -0.25) is 9.74 Å². The number of carbonyl (C=O) groups excluding carboxylic acids is 1. The first kappa shape index (κ1) is 15.2. The van der Waals surface area contributed by atoms with Crippen molar-refractivity contribution in [2.24, 2.45) is 0 Å². The lowest BCUT2D eigenvalue weighted by atomic mass is 10.2. The van der Waals surface area contributed by atoms with Crippen molar-refractivity contribution in [2.45, 2.75) is 6.54 Å². The summed E-state index contributed by atoms with van der Waals surface area (Å²) in [6, 6.07) is 5.29. The van der Waals surface area contributed by atoms with Crippen LogP contribution in [0.5, 0.6) is 5.75 Å². The summed E-state index contributed by atoms with van der Waals surface area (Å²) in [5.74, 6) is 0.802. The van der Waals surface area contributed by atoms with Crippen molar-refractivity contribution in [2.75, 3.05) is 37.1 Å². The zero-order valence-corrected chi connectivity index (χ0v) is 13.1. The van der Waals surface area contributed by atoms with E-state index in [1.807, 2.05) is 24.4 Å². The number of nitrogens with zero attached hydrogens (tertiary/aromatic N) is 3. The molecule has 2 aromatic rings. The van der Waals surface area contributed by atoms with Gasteiger partial charge in [0.1, 0.15) is 12.4 Å². The molecule has 8 heteroatoms. The molecule has 0 spiro atoms. The number of H-pyrrole nitrogens is 1. The van der Waals surface area contributed by atoms with Gasteiger partial charge in [-0.25, -0.2) is 15.3 Å². The van der Waals surface area contributed by atoms with E-state index in [9.17, 15) is 4.79 Å². The molecular formula is C15H19N5O3. The molecule has 8 nitrogen and oxygen atoms in total. The topological polar surface area (TPSA) is 82.7 Å². The standard InChI is InChI=1S/C15H19N5O3/c1-19(15(21)18-22-2)12-3-4-14-13(7-12)20(5-6-23-14)9-11-8-16-10-17-11/h3-4,7-8,10H,5-6,9H2,1-2H3,(H,16,17)(H,18,21). The van der Waals surface area contributed by atoms with Gasteiger partial charge in [0.25, 0.3) is 0 Å². The third-order valence-corrected chi connectivity index (χ3v) is 3.69. The Balaban J connectivity index is 1.85. The first-order valence-electron chi connectivity index (χ1n) is 7.25. The molecule has 1 aliphatic heterocycles. The third kappa shape index (κ3) is 3.21. The van der Waals surface area contributed by atoms with E-state index < -0.39 is 0 Å². The van der Waals surface area contributed by atoms with Gasteiger partial charge in [-0.05, 0) is 18.2 Å². The van der Waals surface area contributed by atoms with Gasteiger partial charge in [-0.1, -0.05) is 0 Å². The van der Waals surface area contributed by atoms with E-state index in [1.54, 1.807) is 13.4 Å². The highest BCUT2D eigenvalue weighted by molar-refractivity contribution is 5.91. The molecule has 1 aromatic heterocycles. The Kier molecular flexibility index (Phi) is 4.33. The number of fused-ring (bicyclic) bond motifs is 1. The minimum Gasteiger partial charge on any atom is -0.490 e. The van der Waals surface area contributed by atoms with Crippen LogP contribution in [0.4, 0.5) is 16.2 Å². The lowest BCUT2D eigenvalue weighted by molar-refractivity contribution is 0.111. The smallest absolute Gasteiger partial charge is 0.345 e. The number of carbonyl (C=O) groups is 1. The van der Waals surface area contributed by atoms with E-state index in [0.29, 0.717) is 13.2 Å². The van der Waals surface area contributed by atoms with Crippen molar-refractivity contribution in [3.63, 3.8) is 0 Å². The maximum absolute atomic E-state index is 11.9. The van der Waals surface area contributed by atoms with Gasteiger partial charge in [-0.15, -0.1) is 0 Å². The molecule has 1 aromatic carbocycles. The summed E-state index contributed by atoms with van der Waals surface area (Å²) in [6.07, 6.45) is 3.53. The first-order valence-corrected chi connectivity index (χ1v) is 7.25. The van der Waals surface area contributed by atoms with Crippen molar-refractivity contribution in [1.82, 2.24) is 15.4 Å². The maximum Gasteiger partial charge on any atom is 0.345 e. The molecule has 2 heterocycles. The summed E-state index contributed by atoms with van der Waals surface area (Å²) >= 11 is 0. The van der Waals surface area contributed by atoms with E-state index in [0.717, 1.165) is 29.4 Å². The molecule has 0 radical (unpaired) electrons. The Hall–Kier alpha value is -2.74. The number of hydrogen-bond acceptors (Lipinski definition) is 5. The number of aromatic amines is 1. The predicted molar refractivity (Wildman–Crippen MR) is 85.5 cm³/mol. The SMILES string of the molecule is CONC(=O)N(C)c1ccc2c(c1)N(Cc1c[nH]cn1)CCO2. The van der Waals surface area contributed by atoms with Crippen LogP contribution < -0.4 is 20.0 Å². The summed E-state index contributed by atoms with van der Waals surface area (Å²) < 4.78 is 5.70. The van der Waals surface area contributed by atoms with Crippen LogP contribution in [-0.4, -0.2) is 43.3 Å². The average Bonchev–Trinajstić information content (AvgIpc) is 3.07. The normalized spacial score (nSPS) is 13.2. The van der Waals surface area contributed by atoms with E-state index in [1.165, 1.54) is 12.0 Å². The number of hydrogen-bond donors (Lipinski definition) is 2. The number of nitrogens with one attached hydrogen (secondary N) is 2. The molecule has 0 saturated heterocycles. The number of urea groups is 1. The minimum atomic E-state index is -0.344. The highest BCUT2D eigenvalue weighted by atomic mass is 16.6. The monoisotopic (exact) mass is 317 g/mol. The second-order valence-corrected chi connectivity index (χ2v) is 5.15. The van der Waals surface area contributed by atoms with Crippen LogP contribution in [0.15, 0.2) is 30.7 Å². The number of benzene rings is 1. The maximum atomic E-state index is 11.9. The fraction of sp³-hybridized carbons (Fsp3) is 0.333. The van der Waals surface area contributed by atoms with Gasteiger partial charge in [0.05, 0.1) is 37.9 Å². The lowest BCUT2D eigenvalue weighted by Crippen LogP contribution is -2.37. The molecular weight excluding hydrogens is 298 g/mol. The van der Waals surface area contributed by atoms with Crippen LogP contribution in [0.25, 0.3) is 0 Å². The summed E-state index contributed by atoms with van der Waals surface area (Å²) in [5.41, 5.74) is 4.94. The quantitative estimate of drug-likeness (QED) is 0.835. The number of hydroxylamine groups is 1. The van der Waals surface area contributed by atoms with Crippen molar-refractivity contribution < 1.29 is 14.4 Å². The molecule has 2 amide bonds. The molecule has 122 valence electrons. The Bertz CT molecular complexity index is 674. The Labute approximate surface area is 134 Å². The summed E-state index contributed by atoms with van der Waals surface area (Å²) in [4.78, 5) is 27.4. The van der Waals surface area contributed by atoms with Crippen LogP contribution in [0.1, 0.15) is 5.69 Å². The van der Waals surface area contributed by atoms with Crippen molar-refractivity contribution in [3.8, 4) is 5.75 Å². The third-order valence-electron chi connectivity index (χ3n) is 3.69. The molecule has 3 rings (SSSR count). The molecule has 0 unspecified atom stereocenters. The summed E-state index contributed by atoms with van der Waals surface area (Å²) in [5, 5.41) is 0. The number of imidazole rings is 1. The van der Waals surface area contributed by atoms with Crippen LogP contribution in [0.2, 0.25) is 0 Å². The fourth-order valence-electron chi connectivity index (χ4n) is 2.48. The largest absolute Gasteiger partial charge is 0.490 e. The number of anilines is 2. The van der Waals surface area contributed by atoms with Gasteiger partial charge < -0.3 is 14.6 Å². The zero-order valence-electron chi connectivity index (χ0n) is 13.1. The number of rotatable bonds is 4. The number of amides is 2. The van der Waals surface area contributed by atoms with Crippen molar-refractivity contribution in [3.05, 3.63) is 36.4 Å². The van der Waals surface area contributed by atoms with E-state index >= 15 is 0 Å². The first-order chi connectivity index (χ1) is 11.2. The Morgan fingerprint density at radius 2 is 2.43 bits per heavy atom. The van der Waals surface area contributed by atoms with Gasteiger partial charge in [-0.2, -0.15) is 0 Å². The molecule has 0 atom stereocenters. The Morgan fingerprint density at radius 3 is 3.17 bits per heavy atom. The van der Waals surface area contributed by atoms with Crippen LogP contribution in [0, 0.1) is 0 Å². The molecule has 2 N–H and O–H groups in total. The molecule has 1 aliphatic rings. The lowest BCUT2D eigenvalue weighted by Gasteiger charge is -2.31. The highest BCUT2D eigenvalue weighted by Gasteiger charge is 2.21. The van der Waals surface area contributed by atoms with Gasteiger partial charge in [0, 0.05) is 18.9 Å². The molecule has 0 aliphatic carbocycles. The molecule has 0 fully saturated rings. The van der Waals surface area contributed by atoms with E-state index in [2.05, 4.69) is 25.2 Å². The Morgan fingerprint density at radius 1 is 1.57 bits per heavy atom. The van der Waals surface area contributed by atoms with Crippen LogP contribution in [-0.2, 0) is 11.4 Å². The second-order valence-electron chi connectivity index (χ2n) is 5.15. The van der Waals surface area contributed by atoms with Crippen LogP contribution >= 0.6 is 0 Å². The molecule has 23 heavy (non-hydrogen) atoms. The van der Waals surface area contributed by atoms with Crippen molar-refractivity contribution >= 4 is 17.4 Å². The summed E-state index contributed by atoms with van der Waals surface area (Å²) in [6.45, 7) is 2.06. The number of aromatic nitrogens is 2. The molecule has 0 bridgehead atoms. The minimum absolute atomic E-state index is 0.344. The number of ether oxygens (including phenoxy) is 1. The van der Waals surface area contributed by atoms with E-state index in [4.69, 9.17) is 4.74 Å². The molecule has 0 saturated carbocycles. The van der Waals surface area contributed by atoms with Gasteiger partial charge in [0.15, 0.2) is 0 Å². The van der Waals surface area contributed by atoms with Crippen molar-refractivity contribution in [1.29, 1.82) is 0 Å².